The van der Waals surface area contributed by atoms with E-state index >= 15 is 0 Å². The van der Waals surface area contributed by atoms with Gasteiger partial charge in [-0.1, -0.05) is 0 Å². The van der Waals surface area contributed by atoms with E-state index in [1.807, 2.05) is 17.8 Å². The molecule has 23 heavy (non-hydrogen) atoms. The largest absolute Gasteiger partial charge is 0.395 e. The Balaban J connectivity index is 1.87. The number of carbonyl (C=O) groups is 1. The van der Waals surface area contributed by atoms with Crippen molar-refractivity contribution in [2.45, 2.75) is 45.7 Å². The maximum Gasteiger partial charge on any atom is 0.223 e. The molecule has 0 bridgehead atoms. The van der Waals surface area contributed by atoms with Gasteiger partial charge in [-0.15, -0.1) is 0 Å². The summed E-state index contributed by atoms with van der Waals surface area (Å²) >= 11 is 0. The van der Waals surface area contributed by atoms with E-state index in [2.05, 4.69) is 23.7 Å². The van der Waals surface area contributed by atoms with Crippen LogP contribution in [0.1, 0.15) is 38.9 Å². The highest BCUT2D eigenvalue weighted by atomic mass is 16.3. The van der Waals surface area contributed by atoms with Crippen molar-refractivity contribution in [1.82, 2.24) is 19.4 Å². The molecule has 0 aromatic carbocycles. The number of aliphatic hydroxyl groups is 1. The fourth-order valence-electron chi connectivity index (χ4n) is 3.18. The Morgan fingerprint density at radius 1 is 1.43 bits per heavy atom. The van der Waals surface area contributed by atoms with Gasteiger partial charge in [-0.3, -0.25) is 4.79 Å². The number of likely N-dealkylation sites (tertiary alicyclic amines) is 1. The summed E-state index contributed by atoms with van der Waals surface area (Å²) in [5.74, 6) is 1.44. The quantitative estimate of drug-likeness (QED) is 0.821. The number of piperidine rings is 1. The third-order valence-electron chi connectivity index (χ3n) is 4.82. The van der Waals surface area contributed by atoms with E-state index in [9.17, 15) is 9.90 Å². The zero-order valence-corrected chi connectivity index (χ0v) is 14.6. The van der Waals surface area contributed by atoms with E-state index in [0.717, 1.165) is 31.8 Å². The van der Waals surface area contributed by atoms with Crippen molar-refractivity contribution in [3.05, 3.63) is 18.2 Å². The standard InChI is InChI=1S/C17H30N4O2/c1-14(2)20-7-4-15(5-8-20)12-17(23)21(10-11-22)13-16-18-6-9-19(16)3/h6,9,14-15,22H,4-5,7-8,10-13H2,1-3H3. The van der Waals surface area contributed by atoms with Crippen LogP contribution < -0.4 is 0 Å². The van der Waals surface area contributed by atoms with Gasteiger partial charge in [0, 0.05) is 38.4 Å². The van der Waals surface area contributed by atoms with Crippen LogP contribution in [0.15, 0.2) is 12.4 Å². The number of amides is 1. The van der Waals surface area contributed by atoms with Gasteiger partial charge in [0.2, 0.25) is 5.91 Å². The van der Waals surface area contributed by atoms with Crippen molar-refractivity contribution in [2.24, 2.45) is 13.0 Å². The van der Waals surface area contributed by atoms with Crippen LogP contribution in [0.3, 0.4) is 0 Å². The van der Waals surface area contributed by atoms with Gasteiger partial charge in [0.05, 0.1) is 13.2 Å². The van der Waals surface area contributed by atoms with E-state index in [1.165, 1.54) is 0 Å². The molecule has 0 spiro atoms. The first-order valence-electron chi connectivity index (χ1n) is 8.60. The highest BCUT2D eigenvalue weighted by molar-refractivity contribution is 5.76. The molecule has 1 aliphatic heterocycles. The van der Waals surface area contributed by atoms with Crippen LogP contribution in [0.4, 0.5) is 0 Å². The van der Waals surface area contributed by atoms with Gasteiger partial charge in [-0.05, 0) is 45.7 Å². The first-order chi connectivity index (χ1) is 11.0. The Kier molecular flexibility index (Phi) is 6.59. The SMILES string of the molecule is CC(C)N1CCC(CC(=O)N(CCO)Cc2nccn2C)CC1. The second-order valence-electron chi connectivity index (χ2n) is 6.77. The molecule has 1 aliphatic rings. The van der Waals surface area contributed by atoms with E-state index < -0.39 is 0 Å². The Morgan fingerprint density at radius 3 is 2.65 bits per heavy atom. The Bertz CT molecular complexity index is 493. The minimum Gasteiger partial charge on any atom is -0.395 e. The molecule has 6 heteroatoms. The van der Waals surface area contributed by atoms with Gasteiger partial charge in [-0.2, -0.15) is 0 Å². The van der Waals surface area contributed by atoms with Crippen LogP contribution in [-0.2, 0) is 18.4 Å². The molecule has 0 unspecified atom stereocenters. The molecule has 1 fully saturated rings. The predicted octanol–water partition coefficient (Wildman–Crippen LogP) is 1.25. The zero-order valence-electron chi connectivity index (χ0n) is 14.6. The van der Waals surface area contributed by atoms with E-state index in [4.69, 9.17) is 0 Å². The van der Waals surface area contributed by atoms with E-state index in [-0.39, 0.29) is 12.5 Å². The summed E-state index contributed by atoms with van der Waals surface area (Å²) in [5.41, 5.74) is 0. The molecule has 1 aromatic heterocycles. The van der Waals surface area contributed by atoms with Crippen LogP contribution in [-0.4, -0.2) is 62.6 Å². The smallest absolute Gasteiger partial charge is 0.223 e. The molecule has 0 radical (unpaired) electrons. The average molecular weight is 322 g/mol. The lowest BCUT2D eigenvalue weighted by molar-refractivity contribution is -0.133. The minimum absolute atomic E-state index is 0.0119. The molecule has 1 N–H and O–H groups in total. The fourth-order valence-corrected chi connectivity index (χ4v) is 3.18. The molecule has 1 saturated heterocycles. The van der Waals surface area contributed by atoms with Crippen LogP contribution in [0.2, 0.25) is 0 Å². The van der Waals surface area contributed by atoms with Gasteiger partial charge in [0.15, 0.2) is 0 Å². The summed E-state index contributed by atoms with van der Waals surface area (Å²) in [6.45, 7) is 7.43. The number of aryl methyl sites for hydroxylation is 1. The lowest BCUT2D eigenvalue weighted by Crippen LogP contribution is -2.40. The highest BCUT2D eigenvalue weighted by Crippen LogP contribution is 2.23. The van der Waals surface area contributed by atoms with Crippen molar-refractivity contribution >= 4 is 5.91 Å². The second-order valence-corrected chi connectivity index (χ2v) is 6.77. The van der Waals surface area contributed by atoms with Crippen molar-refractivity contribution < 1.29 is 9.90 Å². The molecule has 0 atom stereocenters. The van der Waals surface area contributed by atoms with E-state index in [1.54, 1.807) is 11.1 Å². The van der Waals surface area contributed by atoms with Gasteiger partial charge in [-0.25, -0.2) is 4.98 Å². The van der Waals surface area contributed by atoms with Gasteiger partial charge in [0.25, 0.3) is 0 Å². The molecule has 2 heterocycles. The summed E-state index contributed by atoms with van der Waals surface area (Å²) in [6.07, 6.45) is 6.35. The number of rotatable bonds is 7. The maximum atomic E-state index is 12.6. The number of carbonyl (C=O) groups excluding carboxylic acids is 1. The molecule has 6 nitrogen and oxygen atoms in total. The van der Waals surface area contributed by atoms with Crippen molar-refractivity contribution in [2.75, 3.05) is 26.2 Å². The summed E-state index contributed by atoms with van der Waals surface area (Å²) in [4.78, 5) is 21.1. The van der Waals surface area contributed by atoms with Crippen LogP contribution in [0, 0.1) is 5.92 Å². The fraction of sp³-hybridized carbons (Fsp3) is 0.765. The minimum atomic E-state index is -0.0119. The lowest BCUT2D eigenvalue weighted by atomic mass is 9.92. The highest BCUT2D eigenvalue weighted by Gasteiger charge is 2.25. The third-order valence-corrected chi connectivity index (χ3v) is 4.82. The van der Waals surface area contributed by atoms with Crippen LogP contribution in [0.5, 0.6) is 0 Å². The monoisotopic (exact) mass is 322 g/mol. The number of nitrogens with zero attached hydrogens (tertiary/aromatic N) is 4. The second kappa shape index (κ2) is 8.45. The number of imidazole rings is 1. The number of hydrogen-bond donors (Lipinski definition) is 1. The predicted molar refractivity (Wildman–Crippen MR) is 89.8 cm³/mol. The van der Waals surface area contributed by atoms with Crippen molar-refractivity contribution in [3.63, 3.8) is 0 Å². The number of aliphatic hydroxyl groups excluding tert-OH is 1. The number of aromatic nitrogens is 2. The summed E-state index contributed by atoms with van der Waals surface area (Å²) in [6, 6.07) is 0.584. The average Bonchev–Trinajstić information content (AvgIpc) is 2.92. The molecule has 1 amide bonds. The molecular formula is C17H30N4O2. The molecule has 0 saturated carbocycles. The van der Waals surface area contributed by atoms with Gasteiger partial charge >= 0.3 is 0 Å². The normalized spacial score (nSPS) is 16.9. The summed E-state index contributed by atoms with van der Waals surface area (Å²) in [5, 5.41) is 9.26. The molecule has 130 valence electrons. The summed E-state index contributed by atoms with van der Waals surface area (Å²) in [7, 11) is 1.92. The Labute approximate surface area is 139 Å². The first-order valence-corrected chi connectivity index (χ1v) is 8.60. The Morgan fingerprint density at radius 2 is 2.13 bits per heavy atom. The Hall–Kier alpha value is -1.40. The van der Waals surface area contributed by atoms with Gasteiger partial charge < -0.3 is 19.5 Å². The third kappa shape index (κ3) is 5.04. The van der Waals surface area contributed by atoms with Crippen LogP contribution in [0.25, 0.3) is 0 Å². The first kappa shape index (κ1) is 17.9. The molecular weight excluding hydrogens is 292 g/mol. The molecule has 1 aromatic rings. The topological polar surface area (TPSA) is 61.6 Å². The van der Waals surface area contributed by atoms with Crippen molar-refractivity contribution in [3.8, 4) is 0 Å². The maximum absolute atomic E-state index is 12.6. The lowest BCUT2D eigenvalue weighted by Gasteiger charge is -2.35. The van der Waals surface area contributed by atoms with Crippen LogP contribution >= 0.6 is 0 Å². The molecule has 2 rings (SSSR count). The zero-order chi connectivity index (χ0) is 16.8. The summed E-state index contributed by atoms with van der Waals surface area (Å²) < 4.78 is 1.92. The number of hydrogen-bond acceptors (Lipinski definition) is 4. The van der Waals surface area contributed by atoms with Gasteiger partial charge in [0.1, 0.15) is 5.82 Å². The molecule has 0 aliphatic carbocycles. The van der Waals surface area contributed by atoms with E-state index in [0.29, 0.717) is 31.5 Å². The van der Waals surface area contributed by atoms with Crippen molar-refractivity contribution in [1.29, 1.82) is 0 Å².